The van der Waals surface area contributed by atoms with Gasteiger partial charge in [0.1, 0.15) is 12.4 Å². The summed E-state index contributed by atoms with van der Waals surface area (Å²) >= 11 is 6.24. The average molecular weight is 371 g/mol. The molecule has 1 aliphatic carbocycles. The van der Waals surface area contributed by atoms with Crippen LogP contribution >= 0.6 is 11.6 Å². The number of hydrogen-bond acceptors (Lipinski definition) is 3. The molecule has 0 aromatic heterocycles. The van der Waals surface area contributed by atoms with Gasteiger partial charge in [-0.15, -0.1) is 0 Å². The number of rotatable bonds is 6. The largest absolute Gasteiger partial charge is 0.492 e. The van der Waals surface area contributed by atoms with Crippen molar-refractivity contribution in [2.75, 3.05) is 26.2 Å². The lowest BCUT2D eigenvalue weighted by Gasteiger charge is -2.45. The van der Waals surface area contributed by atoms with Gasteiger partial charge in [0.05, 0.1) is 0 Å². The Morgan fingerprint density at radius 1 is 1.15 bits per heavy atom. The van der Waals surface area contributed by atoms with E-state index in [1.807, 2.05) is 6.07 Å². The molecule has 4 heteroatoms. The molecule has 0 spiro atoms. The van der Waals surface area contributed by atoms with Gasteiger partial charge >= 0.3 is 0 Å². The van der Waals surface area contributed by atoms with Crippen molar-refractivity contribution in [1.29, 1.82) is 0 Å². The van der Waals surface area contributed by atoms with Gasteiger partial charge in [-0.25, -0.2) is 0 Å². The molecule has 1 saturated heterocycles. The fourth-order valence-electron chi connectivity index (χ4n) is 4.40. The molecule has 2 aliphatic rings. The van der Waals surface area contributed by atoms with E-state index < -0.39 is 0 Å². The molecule has 2 aromatic carbocycles. The van der Waals surface area contributed by atoms with Crippen molar-refractivity contribution in [3.63, 3.8) is 0 Å². The first kappa shape index (κ1) is 17.8. The van der Waals surface area contributed by atoms with Gasteiger partial charge < -0.3 is 10.5 Å². The highest BCUT2D eigenvalue weighted by atomic mass is 35.5. The molecule has 1 heterocycles. The summed E-state index contributed by atoms with van der Waals surface area (Å²) in [6.07, 6.45) is 4.74. The van der Waals surface area contributed by atoms with Crippen LogP contribution < -0.4 is 10.5 Å². The highest BCUT2D eigenvalue weighted by Crippen LogP contribution is 2.40. The van der Waals surface area contributed by atoms with Gasteiger partial charge in [0.15, 0.2) is 0 Å². The molecule has 0 amide bonds. The Balaban J connectivity index is 1.66. The number of nitrogens with zero attached hydrogens (tertiary/aromatic N) is 1. The molecule has 0 bridgehead atoms. The van der Waals surface area contributed by atoms with Crippen molar-refractivity contribution in [1.82, 2.24) is 4.90 Å². The Hall–Kier alpha value is -1.55. The fourth-order valence-corrected chi connectivity index (χ4v) is 4.61. The number of fused-ring (bicyclic) bond motifs is 1. The van der Waals surface area contributed by atoms with Gasteiger partial charge in [-0.3, -0.25) is 4.90 Å². The van der Waals surface area contributed by atoms with E-state index in [4.69, 9.17) is 22.1 Å². The van der Waals surface area contributed by atoms with E-state index in [1.165, 1.54) is 42.6 Å². The Morgan fingerprint density at radius 2 is 2.04 bits per heavy atom. The first-order valence-electron chi connectivity index (χ1n) is 9.69. The first-order chi connectivity index (χ1) is 12.7. The minimum atomic E-state index is 0.485. The molecule has 2 aromatic rings. The van der Waals surface area contributed by atoms with Crippen molar-refractivity contribution in [2.45, 2.75) is 37.6 Å². The first-order valence-corrected chi connectivity index (χ1v) is 10.1. The Labute approximate surface area is 161 Å². The standard InChI is InChI=1S/C22H27ClN2O/c23-18-4-1-3-16(13-18)14-21-20-15-19(26-12-9-24)7-5-17(20)6-8-22(21)25-10-2-11-25/h1,3-5,7,13,15,21-22H,2,6,8-12,14,24H2. The van der Waals surface area contributed by atoms with Crippen LogP contribution in [0.15, 0.2) is 42.5 Å². The van der Waals surface area contributed by atoms with E-state index in [1.54, 1.807) is 0 Å². The molecule has 2 unspecified atom stereocenters. The van der Waals surface area contributed by atoms with Crippen molar-refractivity contribution < 1.29 is 4.74 Å². The maximum atomic E-state index is 6.24. The average Bonchev–Trinajstić information content (AvgIpc) is 2.60. The number of nitrogens with two attached hydrogens (primary N) is 1. The van der Waals surface area contributed by atoms with Crippen molar-refractivity contribution in [3.05, 3.63) is 64.2 Å². The van der Waals surface area contributed by atoms with Gasteiger partial charge in [-0.1, -0.05) is 29.8 Å². The second-order valence-electron chi connectivity index (χ2n) is 7.43. The molecule has 3 nitrogen and oxygen atoms in total. The zero-order valence-corrected chi connectivity index (χ0v) is 15.9. The summed E-state index contributed by atoms with van der Waals surface area (Å²) in [6, 6.07) is 15.5. The van der Waals surface area contributed by atoms with Crippen LogP contribution in [0, 0.1) is 0 Å². The molecule has 2 atom stereocenters. The highest BCUT2D eigenvalue weighted by Gasteiger charge is 2.36. The van der Waals surface area contributed by atoms with Crippen LogP contribution in [0.5, 0.6) is 5.75 Å². The summed E-state index contributed by atoms with van der Waals surface area (Å²) in [4.78, 5) is 2.66. The van der Waals surface area contributed by atoms with Gasteiger partial charge in [-0.05, 0) is 79.7 Å². The van der Waals surface area contributed by atoms with E-state index in [0.717, 1.165) is 23.6 Å². The van der Waals surface area contributed by atoms with Crippen molar-refractivity contribution in [3.8, 4) is 5.75 Å². The lowest BCUT2D eigenvalue weighted by molar-refractivity contribution is 0.0876. The normalized spacial score (nSPS) is 22.5. The zero-order valence-electron chi connectivity index (χ0n) is 15.2. The smallest absolute Gasteiger partial charge is 0.119 e. The summed E-state index contributed by atoms with van der Waals surface area (Å²) in [6.45, 7) is 3.57. The predicted octanol–water partition coefficient (Wildman–Crippen LogP) is 4.02. The van der Waals surface area contributed by atoms with Crippen LogP contribution in [0.3, 0.4) is 0 Å². The minimum Gasteiger partial charge on any atom is -0.492 e. The van der Waals surface area contributed by atoms with E-state index in [-0.39, 0.29) is 0 Å². The Kier molecular flexibility index (Phi) is 5.49. The van der Waals surface area contributed by atoms with E-state index in [0.29, 0.717) is 25.1 Å². The van der Waals surface area contributed by atoms with Gasteiger partial charge in [0.25, 0.3) is 0 Å². The lowest BCUT2D eigenvalue weighted by atomic mass is 9.75. The van der Waals surface area contributed by atoms with Gasteiger partial charge in [0.2, 0.25) is 0 Å². The highest BCUT2D eigenvalue weighted by molar-refractivity contribution is 6.30. The van der Waals surface area contributed by atoms with Crippen LogP contribution in [0.1, 0.15) is 35.4 Å². The summed E-state index contributed by atoms with van der Waals surface area (Å²) in [5, 5.41) is 0.819. The van der Waals surface area contributed by atoms with Crippen LogP contribution in [-0.2, 0) is 12.8 Å². The lowest BCUT2D eigenvalue weighted by Crippen LogP contribution is -2.49. The number of ether oxygens (including phenoxy) is 1. The SMILES string of the molecule is NCCOc1ccc2c(c1)C(Cc1cccc(Cl)c1)C(N1CCC1)CC2. The van der Waals surface area contributed by atoms with Gasteiger partial charge in [0, 0.05) is 23.5 Å². The fraction of sp³-hybridized carbons (Fsp3) is 0.455. The van der Waals surface area contributed by atoms with Crippen LogP contribution in [0.4, 0.5) is 0 Å². The third-order valence-corrected chi connectivity index (χ3v) is 6.02. The van der Waals surface area contributed by atoms with Crippen molar-refractivity contribution in [2.24, 2.45) is 5.73 Å². The Bertz CT molecular complexity index is 760. The monoisotopic (exact) mass is 370 g/mol. The molecule has 0 radical (unpaired) electrons. The number of benzene rings is 2. The van der Waals surface area contributed by atoms with E-state index in [9.17, 15) is 0 Å². The molecular weight excluding hydrogens is 344 g/mol. The van der Waals surface area contributed by atoms with Crippen LogP contribution in [0.25, 0.3) is 0 Å². The second-order valence-corrected chi connectivity index (χ2v) is 7.87. The van der Waals surface area contributed by atoms with Crippen molar-refractivity contribution >= 4 is 11.6 Å². The maximum Gasteiger partial charge on any atom is 0.119 e. The maximum absolute atomic E-state index is 6.24. The topological polar surface area (TPSA) is 38.5 Å². The molecule has 2 N–H and O–H groups in total. The van der Waals surface area contributed by atoms with Crippen LogP contribution in [0.2, 0.25) is 5.02 Å². The van der Waals surface area contributed by atoms with Crippen LogP contribution in [-0.4, -0.2) is 37.2 Å². The molecule has 4 rings (SSSR count). The summed E-state index contributed by atoms with van der Waals surface area (Å²) in [5.41, 5.74) is 9.83. The third kappa shape index (κ3) is 3.75. The summed E-state index contributed by atoms with van der Waals surface area (Å²) in [7, 11) is 0. The van der Waals surface area contributed by atoms with Gasteiger partial charge in [-0.2, -0.15) is 0 Å². The number of likely N-dealkylation sites (tertiary alicyclic amines) is 1. The minimum absolute atomic E-state index is 0.485. The number of aryl methyl sites for hydroxylation is 1. The molecule has 138 valence electrons. The number of hydrogen-bond donors (Lipinski definition) is 1. The second kappa shape index (κ2) is 7.99. The predicted molar refractivity (Wildman–Crippen MR) is 107 cm³/mol. The third-order valence-electron chi connectivity index (χ3n) is 5.78. The van der Waals surface area contributed by atoms with E-state index in [2.05, 4.69) is 41.3 Å². The molecule has 0 saturated carbocycles. The quantitative estimate of drug-likeness (QED) is 0.834. The molecule has 1 fully saturated rings. The molecule has 1 aliphatic heterocycles. The zero-order chi connectivity index (χ0) is 17.9. The summed E-state index contributed by atoms with van der Waals surface area (Å²) < 4.78 is 5.82. The Morgan fingerprint density at radius 3 is 2.77 bits per heavy atom. The number of halogens is 1. The molecular formula is C22H27ClN2O. The summed E-state index contributed by atoms with van der Waals surface area (Å²) in [5.74, 6) is 1.42. The van der Waals surface area contributed by atoms with E-state index >= 15 is 0 Å². The molecule has 26 heavy (non-hydrogen) atoms.